The molecule has 0 aliphatic carbocycles. The molecule has 0 aliphatic heterocycles. The average Bonchev–Trinajstić information content (AvgIpc) is 2.50. The Morgan fingerprint density at radius 1 is 1.10 bits per heavy atom. The molecule has 1 N–H and O–H groups in total. The molecule has 3 heteroatoms. The lowest BCUT2D eigenvalue weighted by Gasteiger charge is -2.21. The van der Waals surface area contributed by atoms with Crippen LogP contribution in [0.3, 0.4) is 0 Å². The first-order valence-electron chi connectivity index (χ1n) is 6.88. The van der Waals surface area contributed by atoms with Gasteiger partial charge in [0.1, 0.15) is 5.75 Å². The van der Waals surface area contributed by atoms with E-state index in [2.05, 4.69) is 30.4 Å². The lowest BCUT2D eigenvalue weighted by molar-refractivity contribution is 0.414. The minimum atomic E-state index is 0.106. The second-order valence-electron chi connectivity index (χ2n) is 4.68. The van der Waals surface area contributed by atoms with Gasteiger partial charge < -0.3 is 10.1 Å². The van der Waals surface area contributed by atoms with Gasteiger partial charge in [-0.1, -0.05) is 48.9 Å². The Bertz CT molecular complexity index is 539. The van der Waals surface area contributed by atoms with Crippen LogP contribution in [0.25, 0.3) is 0 Å². The highest BCUT2D eigenvalue weighted by Crippen LogP contribution is 2.29. The summed E-state index contributed by atoms with van der Waals surface area (Å²) in [6.45, 7) is 3.10. The van der Waals surface area contributed by atoms with E-state index >= 15 is 0 Å². The Hall–Kier alpha value is -1.51. The molecule has 2 aromatic carbocycles. The first-order valence-corrected chi connectivity index (χ1v) is 7.25. The topological polar surface area (TPSA) is 21.3 Å². The van der Waals surface area contributed by atoms with Crippen LogP contribution in [0.2, 0.25) is 5.02 Å². The molecular formula is C17H20ClNO. The van der Waals surface area contributed by atoms with Crippen LogP contribution in [-0.2, 0) is 0 Å². The summed E-state index contributed by atoms with van der Waals surface area (Å²) in [5.41, 5.74) is 2.29. The molecular weight excluding hydrogens is 270 g/mol. The number of nitrogens with one attached hydrogen (secondary N) is 1. The maximum absolute atomic E-state index is 6.34. The molecule has 106 valence electrons. The van der Waals surface area contributed by atoms with Crippen LogP contribution < -0.4 is 10.1 Å². The van der Waals surface area contributed by atoms with Crippen LogP contribution >= 0.6 is 11.6 Å². The van der Waals surface area contributed by atoms with Crippen molar-refractivity contribution in [3.63, 3.8) is 0 Å². The molecule has 0 fully saturated rings. The normalized spacial score (nSPS) is 12.2. The van der Waals surface area contributed by atoms with Gasteiger partial charge in [-0.05, 0) is 42.3 Å². The van der Waals surface area contributed by atoms with Crippen LogP contribution in [0.15, 0.2) is 48.5 Å². The van der Waals surface area contributed by atoms with E-state index < -0.39 is 0 Å². The lowest BCUT2D eigenvalue weighted by atomic mass is 9.98. The zero-order valence-electron chi connectivity index (χ0n) is 11.9. The van der Waals surface area contributed by atoms with E-state index in [0.717, 1.165) is 29.3 Å². The van der Waals surface area contributed by atoms with Gasteiger partial charge >= 0.3 is 0 Å². The number of ether oxygens (including phenoxy) is 1. The van der Waals surface area contributed by atoms with E-state index in [1.807, 2.05) is 30.3 Å². The van der Waals surface area contributed by atoms with E-state index in [1.165, 1.54) is 5.56 Å². The smallest absolute Gasteiger partial charge is 0.118 e. The Labute approximate surface area is 125 Å². The summed E-state index contributed by atoms with van der Waals surface area (Å²) in [4.78, 5) is 0. The third kappa shape index (κ3) is 3.53. The molecule has 20 heavy (non-hydrogen) atoms. The first-order chi connectivity index (χ1) is 9.76. The molecule has 1 atom stereocenters. The molecule has 0 amide bonds. The molecule has 0 saturated carbocycles. The second-order valence-corrected chi connectivity index (χ2v) is 5.09. The Morgan fingerprint density at radius 3 is 2.40 bits per heavy atom. The quantitative estimate of drug-likeness (QED) is 0.849. The SMILES string of the molecule is CCCNC(c1ccc(OC)cc1)c1ccccc1Cl. The Morgan fingerprint density at radius 2 is 1.80 bits per heavy atom. The van der Waals surface area contributed by atoms with Gasteiger partial charge in [-0.2, -0.15) is 0 Å². The van der Waals surface area contributed by atoms with Crippen LogP contribution in [0, 0.1) is 0 Å². The number of hydrogen-bond acceptors (Lipinski definition) is 2. The predicted octanol–water partition coefficient (Wildman–Crippen LogP) is 4.44. The number of halogens is 1. The minimum absolute atomic E-state index is 0.106. The van der Waals surface area contributed by atoms with Crippen molar-refractivity contribution < 1.29 is 4.74 Å². The van der Waals surface area contributed by atoms with E-state index in [9.17, 15) is 0 Å². The summed E-state index contributed by atoms with van der Waals surface area (Å²) in [6, 6.07) is 16.2. The van der Waals surface area contributed by atoms with E-state index in [-0.39, 0.29) is 6.04 Å². The van der Waals surface area contributed by atoms with Crippen molar-refractivity contribution in [2.24, 2.45) is 0 Å². The summed E-state index contributed by atoms with van der Waals surface area (Å²) < 4.78 is 5.21. The largest absolute Gasteiger partial charge is 0.497 e. The predicted molar refractivity (Wildman–Crippen MR) is 84.6 cm³/mol. The first kappa shape index (κ1) is 14.9. The van der Waals surface area contributed by atoms with Crippen LogP contribution in [0.1, 0.15) is 30.5 Å². The summed E-state index contributed by atoms with van der Waals surface area (Å²) in [5.74, 6) is 0.863. The van der Waals surface area contributed by atoms with E-state index in [4.69, 9.17) is 16.3 Å². The van der Waals surface area contributed by atoms with Gasteiger partial charge in [-0.25, -0.2) is 0 Å². The molecule has 1 unspecified atom stereocenters. The molecule has 0 aromatic heterocycles. The number of methoxy groups -OCH3 is 1. The van der Waals surface area contributed by atoms with Crippen molar-refractivity contribution in [2.75, 3.05) is 13.7 Å². The number of benzene rings is 2. The highest BCUT2D eigenvalue weighted by molar-refractivity contribution is 6.31. The molecule has 0 spiro atoms. The molecule has 0 radical (unpaired) electrons. The third-order valence-electron chi connectivity index (χ3n) is 3.26. The lowest BCUT2D eigenvalue weighted by Crippen LogP contribution is -2.23. The van der Waals surface area contributed by atoms with E-state index in [1.54, 1.807) is 7.11 Å². The highest BCUT2D eigenvalue weighted by Gasteiger charge is 2.15. The van der Waals surface area contributed by atoms with Crippen molar-refractivity contribution in [2.45, 2.75) is 19.4 Å². The molecule has 0 heterocycles. The van der Waals surface area contributed by atoms with Gasteiger partial charge in [-0.3, -0.25) is 0 Å². The van der Waals surface area contributed by atoms with Gasteiger partial charge in [0.15, 0.2) is 0 Å². The zero-order valence-corrected chi connectivity index (χ0v) is 12.7. The third-order valence-corrected chi connectivity index (χ3v) is 3.61. The molecule has 0 aliphatic rings. The Balaban J connectivity index is 2.33. The van der Waals surface area contributed by atoms with Gasteiger partial charge in [-0.15, -0.1) is 0 Å². The average molecular weight is 290 g/mol. The number of rotatable bonds is 6. The van der Waals surface area contributed by atoms with Crippen LogP contribution in [0.5, 0.6) is 5.75 Å². The summed E-state index contributed by atoms with van der Waals surface area (Å²) >= 11 is 6.34. The molecule has 0 bridgehead atoms. The molecule has 2 rings (SSSR count). The Kier molecular flexibility index (Phi) is 5.45. The van der Waals surface area contributed by atoms with Gasteiger partial charge in [0.05, 0.1) is 13.2 Å². The second kappa shape index (κ2) is 7.32. The fourth-order valence-electron chi connectivity index (χ4n) is 2.20. The standard InChI is InChI=1S/C17H20ClNO/c1-3-12-19-17(15-6-4-5-7-16(15)18)13-8-10-14(20-2)11-9-13/h4-11,17,19H,3,12H2,1-2H3. The summed E-state index contributed by atoms with van der Waals surface area (Å²) in [5, 5.41) is 4.34. The van der Waals surface area contributed by atoms with Crippen molar-refractivity contribution in [3.05, 3.63) is 64.7 Å². The maximum Gasteiger partial charge on any atom is 0.118 e. The molecule has 0 saturated heterocycles. The monoisotopic (exact) mass is 289 g/mol. The maximum atomic E-state index is 6.34. The fraction of sp³-hybridized carbons (Fsp3) is 0.294. The zero-order chi connectivity index (χ0) is 14.4. The van der Waals surface area contributed by atoms with Gasteiger partial charge in [0, 0.05) is 5.02 Å². The van der Waals surface area contributed by atoms with Crippen molar-refractivity contribution in [1.29, 1.82) is 0 Å². The van der Waals surface area contributed by atoms with Crippen molar-refractivity contribution >= 4 is 11.6 Å². The fourth-order valence-corrected chi connectivity index (χ4v) is 2.45. The minimum Gasteiger partial charge on any atom is -0.497 e. The van der Waals surface area contributed by atoms with Crippen molar-refractivity contribution in [1.82, 2.24) is 5.32 Å². The summed E-state index contributed by atoms with van der Waals surface area (Å²) in [6.07, 6.45) is 1.08. The molecule has 2 aromatic rings. The van der Waals surface area contributed by atoms with E-state index in [0.29, 0.717) is 0 Å². The van der Waals surface area contributed by atoms with Gasteiger partial charge in [0.2, 0.25) is 0 Å². The van der Waals surface area contributed by atoms with Crippen LogP contribution in [-0.4, -0.2) is 13.7 Å². The molecule has 2 nitrogen and oxygen atoms in total. The summed E-state index contributed by atoms with van der Waals surface area (Å²) in [7, 11) is 1.68. The van der Waals surface area contributed by atoms with Gasteiger partial charge in [0.25, 0.3) is 0 Å². The highest BCUT2D eigenvalue weighted by atomic mass is 35.5. The van der Waals surface area contributed by atoms with Crippen molar-refractivity contribution in [3.8, 4) is 5.75 Å². The van der Waals surface area contributed by atoms with Crippen LogP contribution in [0.4, 0.5) is 0 Å². The number of hydrogen-bond donors (Lipinski definition) is 1.